The predicted molar refractivity (Wildman–Crippen MR) is 72.6 cm³/mol. The molecular weight excluding hydrogens is 243 g/mol. The molecule has 0 saturated carbocycles. The number of benzene rings is 1. The van der Waals surface area contributed by atoms with Crippen molar-refractivity contribution in [3.63, 3.8) is 0 Å². The SMILES string of the molecule is COc1ccc(CC(N)c2cc(C)cc(F)c2)cn1. The number of pyridine rings is 1. The first-order chi connectivity index (χ1) is 9.08. The summed E-state index contributed by atoms with van der Waals surface area (Å²) in [6.45, 7) is 1.86. The highest BCUT2D eigenvalue weighted by Gasteiger charge is 2.09. The second-order valence-corrected chi connectivity index (χ2v) is 4.58. The maximum Gasteiger partial charge on any atom is 0.212 e. The van der Waals surface area contributed by atoms with Crippen LogP contribution in [0.1, 0.15) is 22.7 Å². The molecule has 0 spiro atoms. The van der Waals surface area contributed by atoms with Gasteiger partial charge >= 0.3 is 0 Å². The first-order valence-electron chi connectivity index (χ1n) is 6.10. The molecule has 0 aliphatic heterocycles. The lowest BCUT2D eigenvalue weighted by Gasteiger charge is -2.13. The summed E-state index contributed by atoms with van der Waals surface area (Å²) in [5.41, 5.74) is 8.78. The van der Waals surface area contributed by atoms with Crippen molar-refractivity contribution >= 4 is 0 Å². The number of nitrogens with two attached hydrogens (primary N) is 1. The number of methoxy groups -OCH3 is 1. The molecule has 1 aromatic carbocycles. The minimum atomic E-state index is -0.252. The van der Waals surface area contributed by atoms with Crippen LogP contribution in [-0.4, -0.2) is 12.1 Å². The van der Waals surface area contributed by atoms with Crippen LogP contribution in [0.2, 0.25) is 0 Å². The van der Waals surface area contributed by atoms with Crippen molar-refractivity contribution in [2.24, 2.45) is 5.73 Å². The fourth-order valence-electron chi connectivity index (χ4n) is 2.00. The molecule has 0 saturated heterocycles. The van der Waals surface area contributed by atoms with Crippen molar-refractivity contribution in [2.75, 3.05) is 7.11 Å². The van der Waals surface area contributed by atoms with Crippen molar-refractivity contribution in [2.45, 2.75) is 19.4 Å². The summed E-state index contributed by atoms with van der Waals surface area (Å²) in [6, 6.07) is 8.34. The summed E-state index contributed by atoms with van der Waals surface area (Å²) in [7, 11) is 1.57. The maximum absolute atomic E-state index is 13.3. The van der Waals surface area contributed by atoms with Crippen LogP contribution in [0.5, 0.6) is 5.88 Å². The topological polar surface area (TPSA) is 48.1 Å². The van der Waals surface area contributed by atoms with Crippen LogP contribution in [0.25, 0.3) is 0 Å². The van der Waals surface area contributed by atoms with Crippen molar-refractivity contribution in [1.82, 2.24) is 4.98 Å². The lowest BCUT2D eigenvalue weighted by Crippen LogP contribution is -2.14. The molecule has 1 unspecified atom stereocenters. The van der Waals surface area contributed by atoms with Gasteiger partial charge < -0.3 is 10.5 Å². The molecule has 2 rings (SSSR count). The molecule has 1 atom stereocenters. The average Bonchev–Trinajstić information content (AvgIpc) is 2.38. The van der Waals surface area contributed by atoms with E-state index in [1.807, 2.05) is 19.1 Å². The first kappa shape index (κ1) is 13.5. The number of hydrogen-bond acceptors (Lipinski definition) is 3. The van der Waals surface area contributed by atoms with Crippen LogP contribution in [0.3, 0.4) is 0 Å². The Morgan fingerprint density at radius 2 is 2.11 bits per heavy atom. The molecule has 4 heteroatoms. The molecule has 1 aromatic heterocycles. The lowest BCUT2D eigenvalue weighted by molar-refractivity contribution is 0.397. The highest BCUT2D eigenvalue weighted by molar-refractivity contribution is 5.28. The van der Waals surface area contributed by atoms with Crippen molar-refractivity contribution < 1.29 is 9.13 Å². The normalized spacial score (nSPS) is 12.2. The van der Waals surface area contributed by atoms with E-state index in [1.165, 1.54) is 12.1 Å². The molecule has 1 heterocycles. The summed E-state index contributed by atoms with van der Waals surface area (Å²) in [5.74, 6) is 0.317. The summed E-state index contributed by atoms with van der Waals surface area (Å²) >= 11 is 0. The van der Waals surface area contributed by atoms with E-state index in [4.69, 9.17) is 10.5 Å². The van der Waals surface area contributed by atoms with E-state index >= 15 is 0 Å². The van der Waals surface area contributed by atoms with Gasteiger partial charge in [-0.1, -0.05) is 12.1 Å². The quantitative estimate of drug-likeness (QED) is 0.919. The van der Waals surface area contributed by atoms with Crippen LogP contribution in [0, 0.1) is 12.7 Å². The minimum Gasteiger partial charge on any atom is -0.481 e. The van der Waals surface area contributed by atoms with Crippen molar-refractivity contribution in [1.29, 1.82) is 0 Å². The number of rotatable bonds is 4. The van der Waals surface area contributed by atoms with Gasteiger partial charge in [0.1, 0.15) is 5.82 Å². The third-order valence-corrected chi connectivity index (χ3v) is 2.95. The molecule has 2 N–H and O–H groups in total. The zero-order chi connectivity index (χ0) is 13.8. The Bertz CT molecular complexity index is 534. The number of ether oxygens (including phenoxy) is 1. The second-order valence-electron chi connectivity index (χ2n) is 4.58. The monoisotopic (exact) mass is 260 g/mol. The van der Waals surface area contributed by atoms with Crippen LogP contribution in [0.15, 0.2) is 36.5 Å². The molecule has 0 fully saturated rings. The molecule has 0 aliphatic rings. The molecule has 2 aromatic rings. The first-order valence-corrected chi connectivity index (χ1v) is 6.10. The number of nitrogens with zero attached hydrogens (tertiary/aromatic N) is 1. The van der Waals surface area contributed by atoms with E-state index < -0.39 is 0 Å². The predicted octanol–water partition coefficient (Wildman–Crippen LogP) is 2.78. The molecule has 0 amide bonds. The number of hydrogen-bond donors (Lipinski definition) is 1. The standard InChI is InChI=1S/C15H17FN2O/c1-10-5-12(8-13(16)6-10)14(17)7-11-3-4-15(19-2)18-9-11/h3-6,8-9,14H,7,17H2,1-2H3. The van der Waals surface area contributed by atoms with E-state index in [-0.39, 0.29) is 11.9 Å². The molecular formula is C15H17FN2O. The smallest absolute Gasteiger partial charge is 0.212 e. The Labute approximate surface area is 112 Å². The zero-order valence-electron chi connectivity index (χ0n) is 11.1. The van der Waals surface area contributed by atoms with Crippen LogP contribution in [-0.2, 0) is 6.42 Å². The highest BCUT2D eigenvalue weighted by atomic mass is 19.1. The van der Waals surface area contributed by atoms with Crippen LogP contribution < -0.4 is 10.5 Å². The maximum atomic E-state index is 13.3. The number of aromatic nitrogens is 1. The third-order valence-electron chi connectivity index (χ3n) is 2.95. The van der Waals surface area contributed by atoms with Gasteiger partial charge in [0.15, 0.2) is 0 Å². The Morgan fingerprint density at radius 1 is 1.32 bits per heavy atom. The highest BCUT2D eigenvalue weighted by Crippen LogP contribution is 2.19. The van der Waals surface area contributed by atoms with Gasteiger partial charge in [-0.05, 0) is 42.2 Å². The van der Waals surface area contributed by atoms with Gasteiger partial charge in [-0.25, -0.2) is 9.37 Å². The van der Waals surface area contributed by atoms with Gasteiger partial charge in [0.05, 0.1) is 7.11 Å². The van der Waals surface area contributed by atoms with E-state index in [2.05, 4.69) is 4.98 Å². The second kappa shape index (κ2) is 5.80. The van der Waals surface area contributed by atoms with Gasteiger partial charge in [0.2, 0.25) is 5.88 Å². The van der Waals surface area contributed by atoms with Gasteiger partial charge in [-0.2, -0.15) is 0 Å². The van der Waals surface area contributed by atoms with E-state index in [1.54, 1.807) is 19.4 Å². The van der Waals surface area contributed by atoms with Gasteiger partial charge in [0, 0.05) is 18.3 Å². The molecule has 0 radical (unpaired) electrons. The Balaban J connectivity index is 2.13. The number of halogens is 1. The Morgan fingerprint density at radius 3 is 2.68 bits per heavy atom. The van der Waals surface area contributed by atoms with Gasteiger partial charge in [-0.3, -0.25) is 0 Å². The summed E-state index contributed by atoms with van der Waals surface area (Å²) in [6.07, 6.45) is 2.34. The third kappa shape index (κ3) is 3.51. The lowest BCUT2D eigenvalue weighted by atomic mass is 9.99. The summed E-state index contributed by atoms with van der Waals surface area (Å²) in [4.78, 5) is 4.13. The van der Waals surface area contributed by atoms with E-state index in [0.29, 0.717) is 12.3 Å². The van der Waals surface area contributed by atoms with Crippen LogP contribution in [0.4, 0.5) is 4.39 Å². The van der Waals surface area contributed by atoms with Crippen LogP contribution >= 0.6 is 0 Å². The summed E-state index contributed by atoms with van der Waals surface area (Å²) in [5, 5.41) is 0. The summed E-state index contributed by atoms with van der Waals surface area (Å²) < 4.78 is 18.3. The van der Waals surface area contributed by atoms with E-state index in [0.717, 1.165) is 16.7 Å². The number of aryl methyl sites for hydroxylation is 1. The minimum absolute atomic E-state index is 0.246. The Kier molecular flexibility index (Phi) is 4.12. The zero-order valence-corrected chi connectivity index (χ0v) is 11.1. The fraction of sp³-hybridized carbons (Fsp3) is 0.267. The molecule has 3 nitrogen and oxygen atoms in total. The van der Waals surface area contributed by atoms with Crippen molar-refractivity contribution in [3.8, 4) is 5.88 Å². The van der Waals surface area contributed by atoms with E-state index in [9.17, 15) is 4.39 Å². The average molecular weight is 260 g/mol. The fourth-order valence-corrected chi connectivity index (χ4v) is 2.00. The van der Waals surface area contributed by atoms with Gasteiger partial charge in [-0.15, -0.1) is 0 Å². The molecule has 100 valence electrons. The Hall–Kier alpha value is -1.94. The molecule has 0 bridgehead atoms. The largest absolute Gasteiger partial charge is 0.481 e. The molecule has 19 heavy (non-hydrogen) atoms. The van der Waals surface area contributed by atoms with Crippen molar-refractivity contribution in [3.05, 3.63) is 59.0 Å². The molecule has 0 aliphatic carbocycles. The van der Waals surface area contributed by atoms with Gasteiger partial charge in [0.25, 0.3) is 0 Å².